The minimum Gasteiger partial charge on any atom is -0.493 e. The van der Waals surface area contributed by atoms with Crippen molar-refractivity contribution in [1.29, 1.82) is 0 Å². The number of carboxylic acid groups (broad SMARTS) is 1. The highest BCUT2D eigenvalue weighted by Crippen LogP contribution is 2.12. The van der Waals surface area contributed by atoms with Crippen LogP contribution >= 0.6 is 0 Å². The van der Waals surface area contributed by atoms with E-state index in [1.165, 1.54) is 25.7 Å². The highest BCUT2D eigenvalue weighted by Gasteiger charge is 2.01. The van der Waals surface area contributed by atoms with Gasteiger partial charge in [0.25, 0.3) is 0 Å². The summed E-state index contributed by atoms with van der Waals surface area (Å²) in [5.74, 6) is -0.200. The van der Waals surface area contributed by atoms with E-state index in [0.717, 1.165) is 12.8 Å². The zero-order valence-corrected chi connectivity index (χ0v) is 12.2. The first-order valence-electron chi connectivity index (χ1n) is 7.35. The molecule has 1 aromatic carbocycles. The van der Waals surface area contributed by atoms with E-state index < -0.39 is 5.97 Å². The number of allylic oxidation sites excluding steroid dienone is 1. The van der Waals surface area contributed by atoms with Crippen molar-refractivity contribution >= 4 is 5.97 Å². The number of hydrogen-bond acceptors (Lipinski definition) is 2. The molecule has 1 aromatic rings. The molecule has 1 N–H and O–H groups in total. The second-order valence-corrected chi connectivity index (χ2v) is 4.79. The van der Waals surface area contributed by atoms with Gasteiger partial charge in [0.05, 0.1) is 12.2 Å². The molecule has 0 spiro atoms. The molecule has 0 atom stereocenters. The van der Waals surface area contributed by atoms with E-state index >= 15 is 0 Å². The molecule has 0 radical (unpaired) electrons. The second kappa shape index (κ2) is 10.1. The molecule has 0 heterocycles. The Labute approximate surface area is 121 Å². The van der Waals surface area contributed by atoms with Crippen LogP contribution in [0.5, 0.6) is 5.75 Å². The summed E-state index contributed by atoms with van der Waals surface area (Å²) in [4.78, 5) is 10.7. The molecule has 0 saturated heterocycles. The van der Waals surface area contributed by atoms with Crippen molar-refractivity contribution in [3.63, 3.8) is 0 Å². The number of hydrogen-bond donors (Lipinski definition) is 1. The molecule has 0 unspecified atom stereocenters. The molecule has 3 nitrogen and oxygen atoms in total. The third-order valence-electron chi connectivity index (χ3n) is 3.05. The maximum atomic E-state index is 10.7. The summed E-state index contributed by atoms with van der Waals surface area (Å²) in [5, 5.41) is 8.78. The Hall–Kier alpha value is -1.77. The summed E-state index contributed by atoms with van der Waals surface area (Å²) in [6.45, 7) is 2.84. The van der Waals surface area contributed by atoms with E-state index in [1.807, 2.05) is 0 Å². The van der Waals surface area contributed by atoms with Gasteiger partial charge in [0.1, 0.15) is 5.75 Å². The van der Waals surface area contributed by atoms with Gasteiger partial charge in [-0.15, -0.1) is 0 Å². The van der Waals surface area contributed by atoms with Crippen LogP contribution in [0.1, 0.15) is 55.8 Å². The summed E-state index contributed by atoms with van der Waals surface area (Å²) in [6, 6.07) is 6.50. The summed E-state index contributed by atoms with van der Waals surface area (Å²) in [6.07, 6.45) is 11.6. The Morgan fingerprint density at radius 1 is 1.10 bits per heavy atom. The molecule has 0 aromatic heterocycles. The largest absolute Gasteiger partial charge is 0.493 e. The maximum Gasteiger partial charge on any atom is 0.335 e. The first kappa shape index (κ1) is 16.3. The van der Waals surface area contributed by atoms with Crippen LogP contribution in [0.4, 0.5) is 0 Å². The average Bonchev–Trinajstić information content (AvgIpc) is 2.46. The Kier molecular flexibility index (Phi) is 8.20. The van der Waals surface area contributed by atoms with Gasteiger partial charge >= 0.3 is 5.97 Å². The number of benzene rings is 1. The quantitative estimate of drug-likeness (QED) is 0.498. The molecule has 0 aliphatic rings. The van der Waals surface area contributed by atoms with Crippen molar-refractivity contribution in [3.8, 4) is 5.75 Å². The number of unbranched alkanes of at least 4 members (excludes halogenated alkanes) is 4. The smallest absolute Gasteiger partial charge is 0.335 e. The van der Waals surface area contributed by atoms with Crippen molar-refractivity contribution < 1.29 is 14.6 Å². The van der Waals surface area contributed by atoms with Crippen molar-refractivity contribution in [3.05, 3.63) is 42.0 Å². The molecule has 0 aliphatic carbocycles. The number of rotatable bonds is 10. The summed E-state index contributed by atoms with van der Waals surface area (Å²) >= 11 is 0. The van der Waals surface area contributed by atoms with E-state index in [9.17, 15) is 4.79 Å². The fraction of sp³-hybridized carbons (Fsp3) is 0.471. The van der Waals surface area contributed by atoms with Crippen molar-refractivity contribution in [2.45, 2.75) is 45.4 Å². The topological polar surface area (TPSA) is 46.5 Å². The van der Waals surface area contributed by atoms with Gasteiger partial charge in [-0.3, -0.25) is 0 Å². The van der Waals surface area contributed by atoms with Crippen molar-refractivity contribution in [2.24, 2.45) is 0 Å². The monoisotopic (exact) mass is 276 g/mol. The molecular weight excluding hydrogens is 252 g/mol. The molecule has 0 saturated carbocycles. The van der Waals surface area contributed by atoms with Crippen LogP contribution < -0.4 is 4.74 Å². The van der Waals surface area contributed by atoms with Crippen LogP contribution in [0.2, 0.25) is 0 Å². The molecule has 20 heavy (non-hydrogen) atoms. The first-order chi connectivity index (χ1) is 9.74. The lowest BCUT2D eigenvalue weighted by Gasteiger charge is -2.04. The highest BCUT2D eigenvalue weighted by atomic mass is 16.5. The van der Waals surface area contributed by atoms with Gasteiger partial charge in [0, 0.05) is 0 Å². The Balaban J connectivity index is 2.11. The van der Waals surface area contributed by atoms with Gasteiger partial charge in [-0.25, -0.2) is 4.79 Å². The fourth-order valence-corrected chi connectivity index (χ4v) is 1.86. The first-order valence-corrected chi connectivity index (χ1v) is 7.35. The Morgan fingerprint density at radius 3 is 2.45 bits per heavy atom. The van der Waals surface area contributed by atoms with E-state index in [-0.39, 0.29) is 5.56 Å². The lowest BCUT2D eigenvalue weighted by atomic mass is 10.1. The maximum absolute atomic E-state index is 10.7. The predicted molar refractivity (Wildman–Crippen MR) is 81.4 cm³/mol. The molecule has 110 valence electrons. The Bertz CT molecular complexity index is 407. The third kappa shape index (κ3) is 6.98. The SMILES string of the molecule is CCCCCCC=CCCOc1ccc(C(=O)O)cc1. The van der Waals surface area contributed by atoms with Gasteiger partial charge < -0.3 is 9.84 Å². The van der Waals surface area contributed by atoms with Crippen LogP contribution in [0, 0.1) is 0 Å². The summed E-state index contributed by atoms with van der Waals surface area (Å²) in [7, 11) is 0. The van der Waals surface area contributed by atoms with Gasteiger partial charge in [-0.1, -0.05) is 38.3 Å². The van der Waals surface area contributed by atoms with E-state index in [0.29, 0.717) is 12.4 Å². The molecule has 0 bridgehead atoms. The van der Waals surface area contributed by atoms with Crippen LogP contribution in [0.25, 0.3) is 0 Å². The summed E-state index contributed by atoms with van der Waals surface area (Å²) in [5.41, 5.74) is 0.282. The van der Waals surface area contributed by atoms with Crippen LogP contribution in [-0.2, 0) is 0 Å². The molecule has 0 amide bonds. The van der Waals surface area contributed by atoms with Crippen LogP contribution in [0.3, 0.4) is 0 Å². The van der Waals surface area contributed by atoms with Crippen molar-refractivity contribution in [2.75, 3.05) is 6.61 Å². The minimum atomic E-state index is -0.914. The molecular formula is C17H24O3. The minimum absolute atomic E-state index is 0.282. The Morgan fingerprint density at radius 2 is 1.80 bits per heavy atom. The predicted octanol–water partition coefficient (Wildman–Crippen LogP) is 4.68. The zero-order valence-electron chi connectivity index (χ0n) is 12.2. The number of carboxylic acids is 1. The number of ether oxygens (including phenoxy) is 1. The normalized spacial score (nSPS) is 10.8. The second-order valence-electron chi connectivity index (χ2n) is 4.79. The van der Waals surface area contributed by atoms with E-state index in [1.54, 1.807) is 24.3 Å². The molecule has 0 aliphatic heterocycles. The number of carbonyl (C=O) groups is 1. The van der Waals surface area contributed by atoms with Gasteiger partial charge in [0.2, 0.25) is 0 Å². The van der Waals surface area contributed by atoms with Gasteiger partial charge in [0.15, 0.2) is 0 Å². The van der Waals surface area contributed by atoms with E-state index in [4.69, 9.17) is 9.84 Å². The lowest BCUT2D eigenvalue weighted by molar-refractivity contribution is 0.0697. The highest BCUT2D eigenvalue weighted by molar-refractivity contribution is 5.87. The molecule has 1 rings (SSSR count). The molecule has 0 fully saturated rings. The standard InChI is InChI=1S/C17H24O3/c1-2-3-4-5-6-7-8-9-14-20-16-12-10-15(11-13-16)17(18)19/h7-8,10-13H,2-6,9,14H2,1H3,(H,18,19). The summed E-state index contributed by atoms with van der Waals surface area (Å²) < 4.78 is 5.54. The van der Waals surface area contributed by atoms with Crippen LogP contribution in [-0.4, -0.2) is 17.7 Å². The lowest BCUT2D eigenvalue weighted by Crippen LogP contribution is -1.98. The fourth-order valence-electron chi connectivity index (χ4n) is 1.86. The number of aromatic carboxylic acids is 1. The molecule has 3 heteroatoms. The van der Waals surface area contributed by atoms with Gasteiger partial charge in [-0.2, -0.15) is 0 Å². The third-order valence-corrected chi connectivity index (χ3v) is 3.05. The van der Waals surface area contributed by atoms with E-state index in [2.05, 4.69) is 19.1 Å². The van der Waals surface area contributed by atoms with Gasteiger partial charge in [-0.05, 0) is 43.5 Å². The van der Waals surface area contributed by atoms with Crippen LogP contribution in [0.15, 0.2) is 36.4 Å². The zero-order chi connectivity index (χ0) is 14.6. The van der Waals surface area contributed by atoms with Crippen molar-refractivity contribution in [1.82, 2.24) is 0 Å². The average molecular weight is 276 g/mol.